The van der Waals surface area contributed by atoms with Gasteiger partial charge < -0.3 is 9.80 Å². The highest BCUT2D eigenvalue weighted by molar-refractivity contribution is 6.29. The predicted molar refractivity (Wildman–Crippen MR) is 259 cm³/mol. The van der Waals surface area contributed by atoms with E-state index in [0.717, 1.165) is 35.6 Å². The smallest absolute Gasteiger partial charge is 0.0991 e. The zero-order valence-corrected chi connectivity index (χ0v) is 36.1. The number of nitrogens with zero attached hydrogens (tertiary/aromatic N) is 4. The molecular formula is C58H54N4. The Morgan fingerprint density at radius 1 is 0.419 bits per heavy atom. The van der Waals surface area contributed by atoms with E-state index in [1.54, 1.807) is 0 Å². The largest absolute Gasteiger partial charge is 0.310 e. The average molecular weight is 807 g/mol. The Labute approximate surface area is 367 Å². The Morgan fingerprint density at radius 2 is 0.742 bits per heavy atom. The molecule has 0 spiro atoms. The Bertz CT molecular complexity index is 2730. The third kappa shape index (κ3) is 7.12. The van der Waals surface area contributed by atoms with E-state index < -0.39 is 0 Å². The standard InChI is InChI=1S/C58H54N4/c1-3-39-15-23-45(24-16-39)61(47-27-19-41(37-59)20-28-47)55-35-53(43-11-7-5-8-12-43)49-32-34-52-56(36-54(44-13-9-6-10-14-44)50-31-33-51(55)57(49)58(50)52)62(46-25-17-40(4-2)18-26-46)48-29-21-42(38-60)22-30-48/h15-36,43-44H,3-14H2,1-2H3. The van der Waals surface area contributed by atoms with Gasteiger partial charge in [-0.3, -0.25) is 0 Å². The summed E-state index contributed by atoms with van der Waals surface area (Å²) in [6.45, 7) is 4.42. The molecule has 62 heavy (non-hydrogen) atoms. The van der Waals surface area contributed by atoms with Gasteiger partial charge in [0.2, 0.25) is 0 Å². The summed E-state index contributed by atoms with van der Waals surface area (Å²) >= 11 is 0. The summed E-state index contributed by atoms with van der Waals surface area (Å²) in [4.78, 5) is 4.89. The van der Waals surface area contributed by atoms with Crippen LogP contribution in [-0.4, -0.2) is 0 Å². The van der Waals surface area contributed by atoms with Gasteiger partial charge in [-0.2, -0.15) is 10.5 Å². The van der Waals surface area contributed by atoms with E-state index in [2.05, 4.69) is 145 Å². The quantitative estimate of drug-likeness (QED) is 0.129. The van der Waals surface area contributed by atoms with Gasteiger partial charge in [-0.05, 0) is 179 Å². The molecule has 0 aliphatic heterocycles. The fraction of sp³-hybridized carbons (Fsp3) is 0.276. The van der Waals surface area contributed by atoms with Crippen molar-refractivity contribution < 1.29 is 0 Å². The van der Waals surface area contributed by atoms with Gasteiger partial charge in [0.15, 0.2) is 0 Å². The molecular weight excluding hydrogens is 753 g/mol. The minimum absolute atomic E-state index is 0.474. The van der Waals surface area contributed by atoms with Crippen molar-refractivity contribution in [2.75, 3.05) is 9.80 Å². The van der Waals surface area contributed by atoms with Gasteiger partial charge in [-0.15, -0.1) is 0 Å². The van der Waals surface area contributed by atoms with Crippen molar-refractivity contribution in [2.45, 2.75) is 103 Å². The average Bonchev–Trinajstić information content (AvgIpc) is 3.35. The molecule has 0 saturated heterocycles. The molecule has 4 nitrogen and oxygen atoms in total. The molecule has 306 valence electrons. The molecule has 0 radical (unpaired) electrons. The fourth-order valence-electron chi connectivity index (χ4n) is 10.9. The van der Waals surface area contributed by atoms with Crippen LogP contribution in [0.25, 0.3) is 32.3 Å². The highest BCUT2D eigenvalue weighted by Crippen LogP contribution is 2.53. The van der Waals surface area contributed by atoms with Crippen LogP contribution < -0.4 is 9.80 Å². The van der Waals surface area contributed by atoms with Crippen LogP contribution in [-0.2, 0) is 12.8 Å². The van der Waals surface area contributed by atoms with Crippen LogP contribution in [0.1, 0.15) is 123 Å². The minimum atomic E-state index is 0.474. The first-order chi connectivity index (χ1) is 30.6. The van der Waals surface area contributed by atoms with Crippen molar-refractivity contribution in [2.24, 2.45) is 0 Å². The van der Waals surface area contributed by atoms with Crippen LogP contribution in [0.2, 0.25) is 0 Å². The van der Waals surface area contributed by atoms with Crippen molar-refractivity contribution in [1.82, 2.24) is 0 Å². The molecule has 0 N–H and O–H groups in total. The number of nitriles is 2. The third-order valence-electron chi connectivity index (χ3n) is 14.2. The van der Waals surface area contributed by atoms with Gasteiger partial charge in [-0.25, -0.2) is 0 Å². The maximum atomic E-state index is 9.83. The van der Waals surface area contributed by atoms with Crippen LogP contribution in [0.5, 0.6) is 0 Å². The van der Waals surface area contributed by atoms with Crippen molar-refractivity contribution in [3.05, 3.63) is 167 Å². The number of hydrogen-bond acceptors (Lipinski definition) is 4. The van der Waals surface area contributed by atoms with E-state index in [-0.39, 0.29) is 0 Å². The molecule has 0 bridgehead atoms. The molecule has 0 unspecified atom stereocenters. The van der Waals surface area contributed by atoms with Crippen LogP contribution in [0.15, 0.2) is 133 Å². The van der Waals surface area contributed by atoms with Gasteiger partial charge in [0.25, 0.3) is 0 Å². The molecule has 0 heterocycles. The molecule has 0 atom stereocenters. The first-order valence-electron chi connectivity index (χ1n) is 23.1. The highest BCUT2D eigenvalue weighted by atomic mass is 15.1. The van der Waals surface area contributed by atoms with Gasteiger partial charge in [-0.1, -0.05) is 101 Å². The molecule has 2 aliphatic rings. The summed E-state index contributed by atoms with van der Waals surface area (Å²) in [5.74, 6) is 0.948. The number of hydrogen-bond donors (Lipinski definition) is 0. The molecule has 2 saturated carbocycles. The zero-order valence-electron chi connectivity index (χ0n) is 36.1. The van der Waals surface area contributed by atoms with Crippen LogP contribution in [0.3, 0.4) is 0 Å². The molecule has 0 amide bonds. The first-order valence-corrected chi connectivity index (χ1v) is 23.1. The van der Waals surface area contributed by atoms with Gasteiger partial charge >= 0.3 is 0 Å². The molecule has 8 aromatic carbocycles. The fourth-order valence-corrected chi connectivity index (χ4v) is 10.9. The molecule has 4 heteroatoms. The maximum absolute atomic E-state index is 9.83. The Hall–Kier alpha value is -6.62. The molecule has 0 aromatic heterocycles. The van der Waals surface area contributed by atoms with Crippen LogP contribution >= 0.6 is 0 Å². The highest BCUT2D eigenvalue weighted by Gasteiger charge is 2.29. The van der Waals surface area contributed by atoms with Gasteiger partial charge in [0, 0.05) is 33.5 Å². The first kappa shape index (κ1) is 39.5. The number of anilines is 6. The number of benzene rings is 8. The molecule has 2 aliphatic carbocycles. The summed E-state index contributed by atoms with van der Waals surface area (Å²) in [5.41, 5.74) is 13.5. The summed E-state index contributed by atoms with van der Waals surface area (Å²) in [6, 6.07) is 53.9. The van der Waals surface area contributed by atoms with Crippen molar-refractivity contribution >= 4 is 66.4 Å². The van der Waals surface area contributed by atoms with Crippen LogP contribution in [0, 0.1) is 22.7 Å². The van der Waals surface area contributed by atoms with Crippen molar-refractivity contribution in [1.29, 1.82) is 10.5 Å². The maximum Gasteiger partial charge on any atom is 0.0991 e. The Kier molecular flexibility index (Phi) is 10.9. The lowest BCUT2D eigenvalue weighted by molar-refractivity contribution is 0.445. The van der Waals surface area contributed by atoms with Gasteiger partial charge in [0.1, 0.15) is 0 Å². The Morgan fingerprint density at radius 3 is 1.06 bits per heavy atom. The van der Waals surface area contributed by atoms with E-state index in [1.807, 2.05) is 24.3 Å². The summed E-state index contributed by atoms with van der Waals surface area (Å²) in [6.07, 6.45) is 14.4. The summed E-state index contributed by atoms with van der Waals surface area (Å²) in [7, 11) is 0. The topological polar surface area (TPSA) is 54.1 Å². The number of rotatable bonds is 10. The summed E-state index contributed by atoms with van der Waals surface area (Å²) in [5, 5.41) is 27.6. The van der Waals surface area contributed by atoms with E-state index in [1.165, 1.54) is 130 Å². The van der Waals surface area contributed by atoms with E-state index in [9.17, 15) is 10.5 Å². The van der Waals surface area contributed by atoms with E-state index in [0.29, 0.717) is 23.0 Å². The van der Waals surface area contributed by atoms with Crippen molar-refractivity contribution in [3.63, 3.8) is 0 Å². The molecule has 2 fully saturated rings. The SMILES string of the molecule is CCc1ccc(N(c2ccc(C#N)cc2)c2cc(C3CCCCC3)c3ccc4c(N(c5ccc(C#N)cc5)c5ccc(CC)cc5)cc(C5CCCCC5)c5ccc2c3c54)cc1. The second-order valence-electron chi connectivity index (χ2n) is 17.7. The van der Waals surface area contributed by atoms with E-state index in [4.69, 9.17) is 0 Å². The van der Waals surface area contributed by atoms with E-state index >= 15 is 0 Å². The monoisotopic (exact) mass is 806 g/mol. The van der Waals surface area contributed by atoms with Crippen LogP contribution in [0.4, 0.5) is 34.1 Å². The van der Waals surface area contributed by atoms with Gasteiger partial charge in [0.05, 0.1) is 34.6 Å². The lowest BCUT2D eigenvalue weighted by Gasteiger charge is -2.33. The lowest BCUT2D eigenvalue weighted by Crippen LogP contribution is -2.14. The minimum Gasteiger partial charge on any atom is -0.310 e. The second-order valence-corrected chi connectivity index (χ2v) is 17.7. The lowest BCUT2D eigenvalue weighted by atomic mass is 9.77. The zero-order chi connectivity index (χ0) is 42.2. The molecule has 8 aromatic rings. The summed E-state index contributed by atoms with van der Waals surface area (Å²) < 4.78 is 0. The number of aryl methyl sites for hydroxylation is 2. The second kappa shape index (κ2) is 17.0. The predicted octanol–water partition coefficient (Wildman–Crippen LogP) is 16.5. The Balaban J connectivity index is 1.32. The third-order valence-corrected chi connectivity index (χ3v) is 14.2. The van der Waals surface area contributed by atoms with Crippen molar-refractivity contribution in [3.8, 4) is 12.1 Å². The molecule has 10 rings (SSSR count). The normalized spacial score (nSPS) is 14.9.